The molecule has 1 radical (unpaired) electrons. The molecule has 0 aromatic heterocycles. The molecule has 0 N–H and O–H groups in total. The molecule has 2 heterocycles. The van der Waals surface area contributed by atoms with E-state index in [1.807, 2.05) is 19.1 Å². The Morgan fingerprint density at radius 1 is 1.33 bits per heavy atom. The molecule has 4 nitrogen and oxygen atoms in total. The van der Waals surface area contributed by atoms with Crippen molar-refractivity contribution in [1.82, 2.24) is 0 Å². The van der Waals surface area contributed by atoms with Crippen LogP contribution in [0.1, 0.15) is 6.92 Å². The summed E-state index contributed by atoms with van der Waals surface area (Å²) in [5, 5.41) is 1.29. The van der Waals surface area contributed by atoms with Crippen molar-refractivity contribution in [2.24, 2.45) is 0 Å². The first-order valence-corrected chi connectivity index (χ1v) is 7.68. The molecule has 0 saturated carbocycles. The first kappa shape index (κ1) is 12.2. The molecule has 18 heavy (non-hydrogen) atoms. The second-order valence-corrected chi connectivity index (χ2v) is 7.86. The lowest BCUT2D eigenvalue weighted by molar-refractivity contribution is -0.346. The summed E-state index contributed by atoms with van der Waals surface area (Å²) in [4.78, 5) is 0. The third kappa shape index (κ3) is 1.97. The zero-order valence-electron chi connectivity index (χ0n) is 10.6. The van der Waals surface area contributed by atoms with Crippen LogP contribution in [-0.4, -0.2) is 41.3 Å². The molecule has 0 bridgehead atoms. The van der Waals surface area contributed by atoms with Crippen molar-refractivity contribution < 1.29 is 18.9 Å². The van der Waals surface area contributed by atoms with Crippen molar-refractivity contribution in [3.63, 3.8) is 0 Å². The van der Waals surface area contributed by atoms with Crippen LogP contribution in [0.4, 0.5) is 0 Å². The minimum Gasteiger partial charge on any atom is -0.497 e. The quantitative estimate of drug-likeness (QED) is 0.763. The van der Waals surface area contributed by atoms with Gasteiger partial charge in [0.1, 0.15) is 5.75 Å². The third-order valence-corrected chi connectivity index (χ3v) is 6.94. The fourth-order valence-corrected chi connectivity index (χ4v) is 5.76. The molecule has 2 aliphatic rings. The van der Waals surface area contributed by atoms with Crippen molar-refractivity contribution in [2.45, 2.75) is 17.9 Å². The van der Waals surface area contributed by atoms with Crippen LogP contribution in [0.15, 0.2) is 24.3 Å². The minimum absolute atomic E-state index is 0.405. The van der Waals surface area contributed by atoms with Gasteiger partial charge in [0.25, 0.3) is 0 Å². The van der Waals surface area contributed by atoms with Crippen LogP contribution in [0.5, 0.6) is 5.75 Å². The lowest BCUT2D eigenvalue weighted by Gasteiger charge is -2.48. The van der Waals surface area contributed by atoms with Gasteiger partial charge in [-0.2, -0.15) is 0 Å². The van der Waals surface area contributed by atoms with Crippen LogP contribution < -0.4 is 9.92 Å². The Kier molecular flexibility index (Phi) is 3.15. The van der Waals surface area contributed by atoms with E-state index >= 15 is 0 Å². The van der Waals surface area contributed by atoms with E-state index in [1.165, 1.54) is 5.19 Å². The van der Waals surface area contributed by atoms with Gasteiger partial charge < -0.3 is 18.9 Å². The van der Waals surface area contributed by atoms with Gasteiger partial charge in [0.2, 0.25) is 0 Å². The Labute approximate surface area is 108 Å². The summed E-state index contributed by atoms with van der Waals surface area (Å²) in [6.45, 7) is 4.08. The van der Waals surface area contributed by atoms with Crippen molar-refractivity contribution >= 4 is 14.0 Å². The molecule has 1 aromatic carbocycles. The lowest BCUT2D eigenvalue weighted by atomic mass is 10.3. The molecule has 0 aliphatic carbocycles. The average molecular weight is 265 g/mol. The van der Waals surface area contributed by atoms with E-state index in [-0.39, 0.29) is 0 Å². The van der Waals surface area contributed by atoms with Crippen LogP contribution in [0.25, 0.3) is 0 Å². The maximum Gasteiger partial charge on any atom is 0.168 e. The smallest absolute Gasteiger partial charge is 0.168 e. The van der Waals surface area contributed by atoms with Gasteiger partial charge in [-0.3, -0.25) is 0 Å². The Balaban J connectivity index is 1.91. The molecule has 0 unspecified atom stereocenters. The molecular weight excluding hydrogens is 248 g/mol. The minimum atomic E-state index is -0.986. The number of hydrogen-bond donors (Lipinski definition) is 0. The molecule has 2 aliphatic heterocycles. The monoisotopic (exact) mass is 265 g/mol. The molecule has 2 fully saturated rings. The number of benzene rings is 1. The van der Waals surface area contributed by atoms with Crippen molar-refractivity contribution in [2.75, 3.05) is 27.1 Å². The van der Waals surface area contributed by atoms with E-state index in [4.69, 9.17) is 18.9 Å². The van der Waals surface area contributed by atoms with Crippen molar-refractivity contribution in [3.05, 3.63) is 24.3 Å². The molecule has 1 aromatic rings. The standard InChI is InChI=1S/C13H17O4Si/c1-13(16-9-17-13)18(12-7-15-8-12)11-5-3-4-10(6-11)14-2/h3-6,12H,7-9H2,1-2H3. The molecule has 97 valence electrons. The largest absolute Gasteiger partial charge is 0.497 e. The maximum absolute atomic E-state index is 5.69. The fourth-order valence-electron chi connectivity index (χ4n) is 2.45. The second-order valence-electron chi connectivity index (χ2n) is 4.73. The van der Waals surface area contributed by atoms with E-state index in [9.17, 15) is 0 Å². The highest BCUT2D eigenvalue weighted by Crippen LogP contribution is 2.35. The highest BCUT2D eigenvalue weighted by atomic mass is 28.3. The molecule has 0 spiro atoms. The Bertz CT molecular complexity index is 429. The van der Waals surface area contributed by atoms with Crippen LogP contribution in [0.3, 0.4) is 0 Å². The summed E-state index contributed by atoms with van der Waals surface area (Å²) in [5.74, 6) is 0.887. The summed E-state index contributed by atoms with van der Waals surface area (Å²) in [6, 6.07) is 8.24. The van der Waals surface area contributed by atoms with Gasteiger partial charge in [0.15, 0.2) is 21.0 Å². The predicted octanol–water partition coefficient (Wildman–Crippen LogP) is 1.06. The average Bonchev–Trinajstić information content (AvgIpc) is 2.31. The van der Waals surface area contributed by atoms with E-state index in [0.29, 0.717) is 12.3 Å². The lowest BCUT2D eigenvalue weighted by Crippen LogP contribution is -2.65. The summed E-state index contributed by atoms with van der Waals surface area (Å²) in [7, 11) is 0.705. The van der Waals surface area contributed by atoms with Crippen molar-refractivity contribution in [3.8, 4) is 5.75 Å². The molecule has 0 atom stereocenters. The summed E-state index contributed by atoms with van der Waals surface area (Å²) in [5.41, 5.74) is 0.123. The highest BCUT2D eigenvalue weighted by Gasteiger charge is 2.51. The molecule has 2 saturated heterocycles. The van der Waals surface area contributed by atoms with Crippen LogP contribution in [0, 0.1) is 0 Å². The van der Waals surface area contributed by atoms with Gasteiger partial charge >= 0.3 is 0 Å². The number of methoxy groups -OCH3 is 1. The van der Waals surface area contributed by atoms with Gasteiger partial charge in [-0.25, -0.2) is 0 Å². The summed E-state index contributed by atoms with van der Waals surface area (Å²) in [6.07, 6.45) is 0. The SMILES string of the molecule is COc1cccc([Si](C2COC2)C2(C)OCO2)c1. The maximum atomic E-state index is 5.69. The second kappa shape index (κ2) is 4.66. The summed E-state index contributed by atoms with van der Waals surface area (Å²) >= 11 is 0. The summed E-state index contributed by atoms with van der Waals surface area (Å²) < 4.78 is 22.0. The topological polar surface area (TPSA) is 36.9 Å². The van der Waals surface area contributed by atoms with Gasteiger partial charge in [-0.15, -0.1) is 0 Å². The molecule has 5 heteroatoms. The van der Waals surface area contributed by atoms with Gasteiger partial charge in [-0.1, -0.05) is 17.3 Å². The van der Waals surface area contributed by atoms with E-state index in [1.54, 1.807) is 7.11 Å². The normalized spacial score (nSPS) is 22.4. The third-order valence-electron chi connectivity index (χ3n) is 3.59. The first-order chi connectivity index (χ1) is 8.73. The van der Waals surface area contributed by atoms with E-state index in [2.05, 4.69) is 12.1 Å². The number of rotatable bonds is 4. The number of ether oxygens (including phenoxy) is 4. The highest BCUT2D eigenvalue weighted by molar-refractivity contribution is 6.77. The van der Waals surface area contributed by atoms with Crippen LogP contribution >= 0.6 is 0 Å². The Morgan fingerprint density at radius 2 is 2.11 bits per heavy atom. The fraction of sp³-hybridized carbons (Fsp3) is 0.538. The van der Waals surface area contributed by atoms with E-state index < -0.39 is 14.2 Å². The van der Waals surface area contributed by atoms with E-state index in [0.717, 1.165) is 19.0 Å². The first-order valence-electron chi connectivity index (χ1n) is 6.10. The van der Waals surface area contributed by atoms with Gasteiger partial charge in [-0.05, 0) is 19.1 Å². The number of hydrogen-bond acceptors (Lipinski definition) is 4. The Hall–Kier alpha value is -0.883. The molecular formula is C13H17O4Si. The van der Waals surface area contributed by atoms with Crippen molar-refractivity contribution in [1.29, 1.82) is 0 Å². The molecule has 3 rings (SSSR count). The zero-order valence-corrected chi connectivity index (χ0v) is 11.6. The Morgan fingerprint density at radius 3 is 2.61 bits per heavy atom. The van der Waals surface area contributed by atoms with Crippen LogP contribution in [0.2, 0.25) is 5.54 Å². The predicted molar refractivity (Wildman–Crippen MR) is 68.4 cm³/mol. The van der Waals surface area contributed by atoms with Gasteiger partial charge in [0, 0.05) is 18.8 Å². The molecule has 0 amide bonds. The zero-order chi connectivity index (χ0) is 12.6. The van der Waals surface area contributed by atoms with Gasteiger partial charge in [0.05, 0.1) is 7.11 Å². The van der Waals surface area contributed by atoms with Crippen LogP contribution in [-0.2, 0) is 14.2 Å².